The minimum Gasteiger partial charge on any atom is -0.454 e. The fourth-order valence-electron chi connectivity index (χ4n) is 4.85. The molecule has 1 amide bonds. The van der Waals surface area contributed by atoms with E-state index in [0.717, 1.165) is 58.3 Å². The van der Waals surface area contributed by atoms with Crippen molar-refractivity contribution in [3.05, 3.63) is 68.3 Å². The Bertz CT molecular complexity index is 1570. The van der Waals surface area contributed by atoms with E-state index in [-0.39, 0.29) is 24.0 Å². The number of nitrogens with one attached hydrogen (secondary N) is 1. The second kappa shape index (κ2) is 9.29. The van der Waals surface area contributed by atoms with E-state index in [4.69, 9.17) is 14.5 Å². The third-order valence-electron chi connectivity index (χ3n) is 6.54. The van der Waals surface area contributed by atoms with Gasteiger partial charge < -0.3 is 14.8 Å². The van der Waals surface area contributed by atoms with Crippen molar-refractivity contribution < 1.29 is 14.3 Å². The van der Waals surface area contributed by atoms with Crippen LogP contribution in [0.5, 0.6) is 11.5 Å². The first-order valence-electron chi connectivity index (χ1n) is 11.9. The van der Waals surface area contributed by atoms with Gasteiger partial charge in [0, 0.05) is 16.6 Å². The van der Waals surface area contributed by atoms with Gasteiger partial charge >= 0.3 is 0 Å². The van der Waals surface area contributed by atoms with Crippen LogP contribution in [0.15, 0.2) is 46.3 Å². The Balaban J connectivity index is 1.35. The number of carbonyl (C=O) groups excluding carboxylic acids is 1. The zero-order valence-electron chi connectivity index (χ0n) is 20.1. The predicted molar refractivity (Wildman–Crippen MR) is 143 cm³/mol. The number of ether oxygens (including phenoxy) is 2. The third-order valence-corrected chi connectivity index (χ3v) is 8.66. The molecule has 0 fully saturated rings. The SMILES string of the molecule is Cc1ccc(-n2c(SCC(=O)Nc3ccc4c(c3)OCO4)nc3sc4c(c3c2=O)CCCC4)c(C)c1. The van der Waals surface area contributed by atoms with Crippen molar-refractivity contribution in [1.29, 1.82) is 0 Å². The van der Waals surface area contributed by atoms with Crippen LogP contribution in [0.4, 0.5) is 5.69 Å². The summed E-state index contributed by atoms with van der Waals surface area (Å²) in [7, 11) is 0. The number of thiophene rings is 1. The molecule has 0 spiro atoms. The summed E-state index contributed by atoms with van der Waals surface area (Å²) in [5.41, 5.74) is 4.66. The highest BCUT2D eigenvalue weighted by Gasteiger charge is 2.24. The van der Waals surface area contributed by atoms with Gasteiger partial charge in [-0.15, -0.1) is 11.3 Å². The molecule has 1 aliphatic carbocycles. The molecule has 4 aromatic rings. The summed E-state index contributed by atoms with van der Waals surface area (Å²) in [5, 5.41) is 4.17. The minimum atomic E-state index is -0.189. The maximum absolute atomic E-state index is 14.0. The molecule has 0 bridgehead atoms. The Hall–Kier alpha value is -3.30. The molecule has 0 saturated carbocycles. The molecule has 184 valence electrons. The molecule has 1 N–H and O–H groups in total. The summed E-state index contributed by atoms with van der Waals surface area (Å²) in [6.45, 7) is 4.22. The van der Waals surface area contributed by atoms with Crippen LogP contribution in [0.2, 0.25) is 0 Å². The van der Waals surface area contributed by atoms with Crippen LogP contribution in [0.1, 0.15) is 34.4 Å². The van der Waals surface area contributed by atoms with Crippen LogP contribution in [0.3, 0.4) is 0 Å². The molecule has 0 atom stereocenters. The smallest absolute Gasteiger partial charge is 0.267 e. The van der Waals surface area contributed by atoms with Crippen LogP contribution in [-0.2, 0) is 17.6 Å². The standard InChI is InChI=1S/C27H25N3O4S2/c1-15-7-9-19(16(2)11-15)30-26(32)24-18-5-3-4-6-22(18)36-25(24)29-27(30)35-13-23(31)28-17-8-10-20-21(12-17)34-14-33-20/h7-12H,3-6,13-14H2,1-2H3,(H,28,31). The number of thioether (sulfide) groups is 1. The molecule has 0 saturated heterocycles. The molecule has 3 heterocycles. The summed E-state index contributed by atoms with van der Waals surface area (Å²) < 4.78 is 12.4. The number of carbonyl (C=O) groups is 1. The van der Waals surface area contributed by atoms with Crippen molar-refractivity contribution in [3.63, 3.8) is 0 Å². The van der Waals surface area contributed by atoms with E-state index < -0.39 is 0 Å². The topological polar surface area (TPSA) is 82.5 Å². The number of amides is 1. The highest BCUT2D eigenvalue weighted by Crippen LogP contribution is 2.36. The molecule has 6 rings (SSSR count). The lowest BCUT2D eigenvalue weighted by atomic mass is 9.97. The molecular weight excluding hydrogens is 494 g/mol. The Morgan fingerprint density at radius 2 is 1.94 bits per heavy atom. The molecule has 1 aliphatic heterocycles. The van der Waals surface area contributed by atoms with Gasteiger partial charge in [-0.1, -0.05) is 29.5 Å². The number of rotatable bonds is 5. The number of benzene rings is 2. The Morgan fingerprint density at radius 1 is 1.11 bits per heavy atom. The van der Waals surface area contributed by atoms with Crippen molar-refractivity contribution in [2.75, 3.05) is 17.9 Å². The van der Waals surface area contributed by atoms with Crippen LogP contribution in [0.25, 0.3) is 15.9 Å². The predicted octanol–water partition coefficient (Wildman–Crippen LogP) is 5.40. The number of nitrogens with zero attached hydrogens (tertiary/aromatic N) is 2. The number of fused-ring (bicyclic) bond motifs is 4. The van der Waals surface area contributed by atoms with Crippen LogP contribution < -0.4 is 20.3 Å². The molecule has 2 aromatic carbocycles. The van der Waals surface area contributed by atoms with Crippen molar-refractivity contribution in [3.8, 4) is 17.2 Å². The maximum Gasteiger partial charge on any atom is 0.267 e. The molecule has 0 radical (unpaired) electrons. The van der Waals surface area contributed by atoms with Gasteiger partial charge in [0.25, 0.3) is 5.56 Å². The molecule has 0 unspecified atom stereocenters. The van der Waals surface area contributed by atoms with Gasteiger partial charge in [-0.3, -0.25) is 14.2 Å². The summed E-state index contributed by atoms with van der Waals surface area (Å²) in [6, 6.07) is 11.3. The van der Waals surface area contributed by atoms with Crippen LogP contribution >= 0.6 is 23.1 Å². The number of aromatic nitrogens is 2. The fraction of sp³-hybridized carbons (Fsp3) is 0.296. The van der Waals surface area contributed by atoms with Gasteiger partial charge in [0.1, 0.15) is 4.83 Å². The quantitative estimate of drug-likeness (QED) is 0.281. The van der Waals surface area contributed by atoms with E-state index in [1.165, 1.54) is 16.6 Å². The second-order valence-corrected chi connectivity index (χ2v) is 11.1. The zero-order valence-corrected chi connectivity index (χ0v) is 21.7. The van der Waals surface area contributed by atoms with Crippen molar-refractivity contribution in [2.24, 2.45) is 0 Å². The van der Waals surface area contributed by atoms with Crippen molar-refractivity contribution in [2.45, 2.75) is 44.7 Å². The molecule has 9 heteroatoms. The van der Waals surface area contributed by atoms with E-state index in [0.29, 0.717) is 22.3 Å². The minimum absolute atomic E-state index is 0.0509. The van der Waals surface area contributed by atoms with Crippen molar-refractivity contribution >= 4 is 44.9 Å². The Morgan fingerprint density at radius 3 is 2.81 bits per heavy atom. The summed E-state index contributed by atoms with van der Waals surface area (Å²) >= 11 is 2.90. The summed E-state index contributed by atoms with van der Waals surface area (Å²) in [4.78, 5) is 33.8. The summed E-state index contributed by atoms with van der Waals surface area (Å²) in [6.07, 6.45) is 4.16. The van der Waals surface area contributed by atoms with E-state index in [1.807, 2.05) is 26.0 Å². The van der Waals surface area contributed by atoms with Gasteiger partial charge in [-0.2, -0.15) is 0 Å². The first-order valence-corrected chi connectivity index (χ1v) is 13.8. The number of hydrogen-bond acceptors (Lipinski definition) is 7. The van der Waals surface area contributed by atoms with Gasteiger partial charge in [0.2, 0.25) is 12.7 Å². The van der Waals surface area contributed by atoms with E-state index in [1.54, 1.807) is 34.1 Å². The van der Waals surface area contributed by atoms with Crippen LogP contribution in [-0.4, -0.2) is 28.0 Å². The maximum atomic E-state index is 14.0. The van der Waals surface area contributed by atoms with Crippen molar-refractivity contribution in [1.82, 2.24) is 9.55 Å². The molecule has 2 aromatic heterocycles. The van der Waals surface area contributed by atoms with E-state index >= 15 is 0 Å². The molecule has 36 heavy (non-hydrogen) atoms. The second-order valence-electron chi connectivity index (χ2n) is 9.12. The average Bonchev–Trinajstić information content (AvgIpc) is 3.47. The number of aryl methyl sites for hydroxylation is 4. The highest BCUT2D eigenvalue weighted by atomic mass is 32.2. The van der Waals surface area contributed by atoms with E-state index in [2.05, 4.69) is 11.4 Å². The Kier molecular flexibility index (Phi) is 5.97. The zero-order chi connectivity index (χ0) is 24.8. The molecule has 2 aliphatic rings. The van der Waals surface area contributed by atoms with E-state index in [9.17, 15) is 9.59 Å². The lowest BCUT2D eigenvalue weighted by Crippen LogP contribution is -2.24. The van der Waals surface area contributed by atoms with Gasteiger partial charge in [-0.25, -0.2) is 4.98 Å². The first kappa shape index (κ1) is 23.1. The normalized spacial score (nSPS) is 14.2. The lowest BCUT2D eigenvalue weighted by molar-refractivity contribution is -0.113. The highest BCUT2D eigenvalue weighted by molar-refractivity contribution is 7.99. The first-order chi connectivity index (χ1) is 17.5. The van der Waals surface area contributed by atoms with Crippen LogP contribution in [0, 0.1) is 13.8 Å². The largest absolute Gasteiger partial charge is 0.454 e. The third kappa shape index (κ3) is 4.16. The average molecular weight is 520 g/mol. The Labute approximate surface area is 216 Å². The van der Waals surface area contributed by atoms with Gasteiger partial charge in [0.15, 0.2) is 16.7 Å². The van der Waals surface area contributed by atoms with Gasteiger partial charge in [0.05, 0.1) is 16.8 Å². The fourth-order valence-corrected chi connectivity index (χ4v) is 6.96. The molecule has 7 nitrogen and oxygen atoms in total. The lowest BCUT2D eigenvalue weighted by Gasteiger charge is -2.15. The molecular formula is C27H25N3O4S2. The van der Waals surface area contributed by atoms with Gasteiger partial charge in [-0.05, 0) is 68.9 Å². The summed E-state index contributed by atoms with van der Waals surface area (Å²) in [5.74, 6) is 1.20. The number of anilines is 1. The monoisotopic (exact) mass is 519 g/mol. The number of hydrogen-bond donors (Lipinski definition) is 1.